The van der Waals surface area contributed by atoms with Crippen molar-refractivity contribution >= 4 is 10.0 Å². The number of hydrogen-bond acceptors (Lipinski definition) is 6. The molecule has 8 heteroatoms. The summed E-state index contributed by atoms with van der Waals surface area (Å²) in [4.78, 5) is 0. The van der Waals surface area contributed by atoms with E-state index in [2.05, 4.69) is 0 Å². The maximum absolute atomic E-state index is 11.7. The van der Waals surface area contributed by atoms with E-state index < -0.39 is 16.1 Å². The highest BCUT2D eigenvalue weighted by Gasteiger charge is 2.31. The Bertz CT molecular complexity index is 1260. The fourth-order valence-electron chi connectivity index (χ4n) is 3.98. The van der Waals surface area contributed by atoms with Gasteiger partial charge in [0.1, 0.15) is 17.6 Å². The highest BCUT2D eigenvalue weighted by atomic mass is 32.2. The lowest BCUT2D eigenvalue weighted by Gasteiger charge is -2.31. The van der Waals surface area contributed by atoms with Gasteiger partial charge in [0.2, 0.25) is 10.0 Å². The van der Waals surface area contributed by atoms with Crippen LogP contribution in [0.1, 0.15) is 29.7 Å². The van der Waals surface area contributed by atoms with Crippen molar-refractivity contribution in [1.82, 2.24) is 0 Å². The zero-order valence-electron chi connectivity index (χ0n) is 18.1. The normalized spacial score (nSPS) is 14.7. The van der Waals surface area contributed by atoms with Crippen molar-refractivity contribution in [2.24, 2.45) is 5.14 Å². The van der Waals surface area contributed by atoms with Gasteiger partial charge in [-0.05, 0) is 42.3 Å². The summed E-state index contributed by atoms with van der Waals surface area (Å²) in [6.45, 7) is 2.43. The number of nitrogens with two attached hydrogens (primary N) is 1. The van der Waals surface area contributed by atoms with Crippen molar-refractivity contribution in [3.05, 3.63) is 71.3 Å². The molecule has 32 heavy (non-hydrogen) atoms. The SMILES string of the molecule is CCOc1cccc2c1-c1ccc(CS(N)(=O)=O)cc1C(c1ccc(OC)c(OC)c1)O2. The monoisotopic (exact) mass is 455 g/mol. The Morgan fingerprint density at radius 1 is 0.969 bits per heavy atom. The second-order valence-corrected chi connectivity index (χ2v) is 9.02. The van der Waals surface area contributed by atoms with Gasteiger partial charge in [-0.25, -0.2) is 13.6 Å². The van der Waals surface area contributed by atoms with Crippen LogP contribution in [0.25, 0.3) is 11.1 Å². The molecule has 0 saturated heterocycles. The van der Waals surface area contributed by atoms with Gasteiger partial charge in [0.25, 0.3) is 0 Å². The van der Waals surface area contributed by atoms with Gasteiger partial charge in [0.05, 0.1) is 32.1 Å². The van der Waals surface area contributed by atoms with Gasteiger partial charge in [-0.2, -0.15) is 0 Å². The Labute approximate surface area is 187 Å². The molecule has 0 radical (unpaired) electrons. The summed E-state index contributed by atoms with van der Waals surface area (Å²) in [7, 11) is -0.532. The van der Waals surface area contributed by atoms with Crippen LogP contribution in [0.5, 0.6) is 23.0 Å². The van der Waals surface area contributed by atoms with Crippen LogP contribution in [0.3, 0.4) is 0 Å². The molecular weight excluding hydrogens is 430 g/mol. The zero-order valence-corrected chi connectivity index (χ0v) is 18.9. The first-order valence-corrected chi connectivity index (χ1v) is 11.8. The molecule has 1 aliphatic heterocycles. The van der Waals surface area contributed by atoms with E-state index in [0.29, 0.717) is 35.2 Å². The third-order valence-electron chi connectivity index (χ3n) is 5.28. The first-order valence-electron chi connectivity index (χ1n) is 10.1. The molecule has 0 amide bonds. The predicted molar refractivity (Wildman–Crippen MR) is 122 cm³/mol. The van der Waals surface area contributed by atoms with Gasteiger partial charge in [0.15, 0.2) is 11.5 Å². The molecule has 168 valence electrons. The second-order valence-electron chi connectivity index (χ2n) is 7.40. The van der Waals surface area contributed by atoms with Gasteiger partial charge in [-0.15, -0.1) is 0 Å². The molecule has 0 spiro atoms. The van der Waals surface area contributed by atoms with Gasteiger partial charge >= 0.3 is 0 Å². The number of methoxy groups -OCH3 is 2. The third-order valence-corrected chi connectivity index (χ3v) is 6.01. The molecule has 0 fully saturated rings. The van der Waals surface area contributed by atoms with E-state index in [9.17, 15) is 8.42 Å². The van der Waals surface area contributed by atoms with E-state index in [0.717, 1.165) is 22.3 Å². The number of rotatable bonds is 7. The molecule has 1 unspecified atom stereocenters. The Morgan fingerprint density at radius 2 is 1.75 bits per heavy atom. The van der Waals surface area contributed by atoms with Crippen LogP contribution in [-0.2, 0) is 15.8 Å². The standard InChI is InChI=1S/C24H25NO6S/c1-4-30-20-6-5-7-21-23(20)17-10-8-15(14-32(25,26)27)12-18(17)24(31-21)16-9-11-19(28-2)22(13-16)29-3/h5-13,24H,4,14H2,1-3H3,(H2,25,26,27). The molecule has 1 atom stereocenters. The molecule has 1 aliphatic rings. The maximum atomic E-state index is 11.7. The number of hydrogen-bond donors (Lipinski definition) is 1. The summed E-state index contributed by atoms with van der Waals surface area (Å²) in [5.41, 5.74) is 3.98. The lowest BCUT2D eigenvalue weighted by atomic mass is 9.88. The highest BCUT2D eigenvalue weighted by molar-refractivity contribution is 7.88. The average Bonchev–Trinajstić information content (AvgIpc) is 2.77. The lowest BCUT2D eigenvalue weighted by molar-refractivity contribution is 0.240. The van der Waals surface area contributed by atoms with Crippen LogP contribution in [0.4, 0.5) is 0 Å². The first-order chi connectivity index (χ1) is 15.3. The molecule has 3 aromatic rings. The van der Waals surface area contributed by atoms with Crippen molar-refractivity contribution in [3.63, 3.8) is 0 Å². The summed E-state index contributed by atoms with van der Waals surface area (Å²) >= 11 is 0. The van der Waals surface area contributed by atoms with Crippen LogP contribution >= 0.6 is 0 Å². The fraction of sp³-hybridized carbons (Fsp3) is 0.250. The summed E-state index contributed by atoms with van der Waals surface area (Å²) in [5, 5.41) is 5.29. The lowest BCUT2D eigenvalue weighted by Crippen LogP contribution is -2.18. The highest BCUT2D eigenvalue weighted by Crippen LogP contribution is 2.49. The predicted octanol–water partition coefficient (Wildman–Crippen LogP) is 4.04. The zero-order chi connectivity index (χ0) is 22.9. The topological polar surface area (TPSA) is 97.1 Å². The van der Waals surface area contributed by atoms with Gasteiger partial charge in [-0.1, -0.05) is 30.3 Å². The van der Waals surface area contributed by atoms with E-state index in [1.54, 1.807) is 20.3 Å². The molecule has 2 N–H and O–H groups in total. The van der Waals surface area contributed by atoms with E-state index in [1.807, 2.05) is 55.5 Å². The van der Waals surface area contributed by atoms with Gasteiger partial charge in [-0.3, -0.25) is 0 Å². The number of fused-ring (bicyclic) bond motifs is 3. The van der Waals surface area contributed by atoms with Crippen LogP contribution in [-0.4, -0.2) is 29.2 Å². The smallest absolute Gasteiger partial charge is 0.213 e. The van der Waals surface area contributed by atoms with Gasteiger partial charge < -0.3 is 18.9 Å². The molecule has 0 saturated carbocycles. The molecule has 0 bridgehead atoms. The molecule has 0 aromatic heterocycles. The van der Waals surface area contributed by atoms with E-state index in [4.69, 9.17) is 24.1 Å². The quantitative estimate of drug-likeness (QED) is 0.578. The fourth-order valence-corrected chi connectivity index (χ4v) is 4.63. The Hall–Kier alpha value is -3.23. The molecule has 0 aliphatic carbocycles. The van der Waals surface area contributed by atoms with E-state index in [-0.39, 0.29) is 5.75 Å². The summed E-state index contributed by atoms with van der Waals surface area (Å²) in [6.07, 6.45) is -0.491. The van der Waals surface area contributed by atoms with Crippen molar-refractivity contribution in [2.45, 2.75) is 18.8 Å². The van der Waals surface area contributed by atoms with Crippen LogP contribution in [0, 0.1) is 0 Å². The molecule has 4 rings (SSSR count). The first kappa shape index (κ1) is 22.0. The Morgan fingerprint density at radius 3 is 2.44 bits per heavy atom. The maximum Gasteiger partial charge on any atom is 0.213 e. The number of ether oxygens (including phenoxy) is 4. The second kappa shape index (κ2) is 8.72. The number of sulfonamides is 1. The van der Waals surface area contributed by atoms with E-state index >= 15 is 0 Å². The molecule has 1 heterocycles. The minimum absolute atomic E-state index is 0.265. The van der Waals surface area contributed by atoms with Crippen LogP contribution in [0.2, 0.25) is 0 Å². The average molecular weight is 456 g/mol. The Kier molecular flexibility index (Phi) is 5.99. The number of primary sulfonamides is 1. The summed E-state index contributed by atoms with van der Waals surface area (Å²) in [6, 6.07) is 16.7. The van der Waals surface area contributed by atoms with Crippen molar-refractivity contribution in [1.29, 1.82) is 0 Å². The molecular formula is C24H25NO6S. The molecule has 7 nitrogen and oxygen atoms in total. The van der Waals surface area contributed by atoms with E-state index in [1.165, 1.54) is 0 Å². The number of benzene rings is 3. The van der Waals surface area contributed by atoms with Crippen molar-refractivity contribution in [2.75, 3.05) is 20.8 Å². The van der Waals surface area contributed by atoms with Crippen molar-refractivity contribution in [3.8, 4) is 34.1 Å². The van der Waals surface area contributed by atoms with Crippen LogP contribution < -0.4 is 24.1 Å². The van der Waals surface area contributed by atoms with Gasteiger partial charge in [0, 0.05) is 11.1 Å². The molecule has 3 aromatic carbocycles. The summed E-state index contributed by atoms with van der Waals surface area (Å²) in [5.74, 6) is 2.30. The largest absolute Gasteiger partial charge is 0.493 e. The van der Waals surface area contributed by atoms with Crippen LogP contribution in [0.15, 0.2) is 54.6 Å². The van der Waals surface area contributed by atoms with Crippen molar-refractivity contribution < 1.29 is 27.4 Å². The third kappa shape index (κ3) is 4.24. The minimum Gasteiger partial charge on any atom is -0.493 e. The summed E-state index contributed by atoms with van der Waals surface area (Å²) < 4.78 is 46.5. The minimum atomic E-state index is -3.68. The Balaban J connectivity index is 1.91.